The molecule has 0 fully saturated rings. The van der Waals surface area contributed by atoms with Crippen LogP contribution in [-0.2, 0) is 24.3 Å². The lowest BCUT2D eigenvalue weighted by atomic mass is 10.2. The lowest BCUT2D eigenvalue weighted by Gasteiger charge is -2.15. The van der Waals surface area contributed by atoms with Gasteiger partial charge in [0.15, 0.2) is 10.6 Å². The molecule has 0 spiro atoms. The first kappa shape index (κ1) is 19.8. The first-order valence-corrected chi connectivity index (χ1v) is 11.0. The summed E-state index contributed by atoms with van der Waals surface area (Å²) in [7, 11) is 0. The number of aryl methyl sites for hydroxylation is 2. The van der Waals surface area contributed by atoms with Gasteiger partial charge in [0.1, 0.15) is 11.9 Å². The van der Waals surface area contributed by atoms with E-state index in [0.717, 1.165) is 36.5 Å². The Kier molecular flexibility index (Phi) is 5.76. The van der Waals surface area contributed by atoms with Crippen molar-refractivity contribution in [1.29, 1.82) is 0 Å². The number of aromatic amines is 1. The van der Waals surface area contributed by atoms with Crippen molar-refractivity contribution in [3.8, 4) is 10.7 Å². The molecule has 11 heteroatoms. The maximum Gasteiger partial charge on any atom is 0.345 e. The number of aromatic nitrogens is 6. The van der Waals surface area contributed by atoms with E-state index in [2.05, 4.69) is 20.6 Å². The van der Waals surface area contributed by atoms with Gasteiger partial charge in [0.05, 0.1) is 4.88 Å². The average molecular weight is 434 g/mol. The molecule has 0 aromatic carbocycles. The number of nitrogens with zero attached hydrogens (tertiary/aromatic N) is 5. The molecule has 0 radical (unpaired) electrons. The normalized spacial score (nSPS) is 14.5. The number of carbonyl (C=O) groups is 1. The molecular weight excluding hydrogens is 410 g/mol. The molecule has 2 N–H and O–H groups in total. The van der Waals surface area contributed by atoms with E-state index in [4.69, 9.17) is 12.2 Å². The van der Waals surface area contributed by atoms with Crippen LogP contribution in [0.1, 0.15) is 38.1 Å². The van der Waals surface area contributed by atoms with E-state index < -0.39 is 6.04 Å². The SMILES string of the molecule is CC(C(=O)NCCCn1nc2n(c1=O)CCCC2)n1c(-c2cccs2)n[nH]c1=S. The van der Waals surface area contributed by atoms with Crippen LogP contribution in [0.25, 0.3) is 10.7 Å². The number of carbonyl (C=O) groups excluding carboxylic acids is 1. The lowest BCUT2D eigenvalue weighted by Crippen LogP contribution is -2.33. The molecule has 4 heterocycles. The largest absolute Gasteiger partial charge is 0.354 e. The second-order valence-corrected chi connectivity index (χ2v) is 8.39. The van der Waals surface area contributed by atoms with Crippen molar-refractivity contribution in [2.24, 2.45) is 0 Å². The fraction of sp³-hybridized carbons (Fsp3) is 0.500. The predicted octanol–water partition coefficient (Wildman–Crippen LogP) is 2.13. The van der Waals surface area contributed by atoms with E-state index in [1.54, 1.807) is 27.4 Å². The quantitative estimate of drug-likeness (QED) is 0.439. The number of H-pyrrole nitrogens is 1. The summed E-state index contributed by atoms with van der Waals surface area (Å²) in [5.41, 5.74) is -0.0512. The van der Waals surface area contributed by atoms with Gasteiger partial charge in [-0.15, -0.1) is 11.3 Å². The summed E-state index contributed by atoms with van der Waals surface area (Å²) in [4.78, 5) is 25.9. The highest BCUT2D eigenvalue weighted by molar-refractivity contribution is 7.71. The van der Waals surface area contributed by atoms with Gasteiger partial charge in [0.2, 0.25) is 5.91 Å². The van der Waals surface area contributed by atoms with Gasteiger partial charge in [0, 0.05) is 26.1 Å². The number of hydrogen-bond acceptors (Lipinski definition) is 6. The highest BCUT2D eigenvalue weighted by Crippen LogP contribution is 2.25. The fourth-order valence-electron chi connectivity index (χ4n) is 3.54. The number of fused-ring (bicyclic) bond motifs is 1. The Balaban J connectivity index is 1.35. The number of rotatable bonds is 7. The maximum absolute atomic E-state index is 12.6. The minimum absolute atomic E-state index is 0.0512. The van der Waals surface area contributed by atoms with Crippen molar-refractivity contribution in [2.75, 3.05) is 6.54 Å². The van der Waals surface area contributed by atoms with Crippen molar-refractivity contribution in [2.45, 2.75) is 51.7 Å². The summed E-state index contributed by atoms with van der Waals surface area (Å²) in [5, 5.41) is 16.3. The lowest BCUT2D eigenvalue weighted by molar-refractivity contribution is -0.123. The molecule has 1 aliphatic heterocycles. The third-order valence-electron chi connectivity index (χ3n) is 5.09. The third-order valence-corrected chi connectivity index (χ3v) is 6.24. The van der Waals surface area contributed by atoms with Gasteiger partial charge < -0.3 is 5.32 Å². The van der Waals surface area contributed by atoms with Gasteiger partial charge >= 0.3 is 5.69 Å². The van der Waals surface area contributed by atoms with Crippen LogP contribution in [0.3, 0.4) is 0 Å². The molecule has 0 saturated carbocycles. The summed E-state index contributed by atoms with van der Waals surface area (Å²) in [6.45, 7) is 3.49. The summed E-state index contributed by atoms with van der Waals surface area (Å²) < 4.78 is 5.41. The Morgan fingerprint density at radius 1 is 1.45 bits per heavy atom. The molecule has 29 heavy (non-hydrogen) atoms. The zero-order valence-corrected chi connectivity index (χ0v) is 17.8. The average Bonchev–Trinajstić information content (AvgIpc) is 3.44. The molecule has 1 amide bonds. The molecule has 1 aliphatic rings. The standard InChI is InChI=1S/C18H23N7O2S2/c1-12(25-15(20-21-17(25)28)13-6-4-11-29-13)16(26)19-8-5-10-24-18(27)23-9-3-2-7-14(23)22-24/h4,6,11-12H,2-3,5,7-10H2,1H3,(H,19,26)(H,21,28). The molecule has 3 aromatic heterocycles. The van der Waals surface area contributed by atoms with Gasteiger partial charge in [-0.25, -0.2) is 9.48 Å². The van der Waals surface area contributed by atoms with Crippen molar-refractivity contribution in [1.82, 2.24) is 34.4 Å². The molecule has 0 aliphatic carbocycles. The van der Waals surface area contributed by atoms with Gasteiger partial charge in [-0.2, -0.15) is 10.2 Å². The van der Waals surface area contributed by atoms with E-state index in [-0.39, 0.29) is 11.6 Å². The molecule has 3 aromatic rings. The molecule has 154 valence electrons. The number of nitrogens with one attached hydrogen (secondary N) is 2. The van der Waals surface area contributed by atoms with E-state index in [0.29, 0.717) is 30.1 Å². The second-order valence-electron chi connectivity index (χ2n) is 7.05. The van der Waals surface area contributed by atoms with Crippen LogP contribution in [0.5, 0.6) is 0 Å². The van der Waals surface area contributed by atoms with Crippen LogP contribution >= 0.6 is 23.6 Å². The second kappa shape index (κ2) is 8.46. The van der Waals surface area contributed by atoms with Crippen molar-refractivity contribution >= 4 is 29.5 Å². The Bertz CT molecular complexity index is 1110. The molecular formula is C18H23N7O2S2. The Morgan fingerprint density at radius 3 is 3.07 bits per heavy atom. The minimum atomic E-state index is -0.499. The molecule has 4 rings (SSSR count). The summed E-state index contributed by atoms with van der Waals surface area (Å²) in [5.74, 6) is 1.38. The first-order chi connectivity index (χ1) is 14.1. The van der Waals surface area contributed by atoms with E-state index in [1.807, 2.05) is 17.5 Å². The zero-order valence-electron chi connectivity index (χ0n) is 16.1. The maximum atomic E-state index is 12.6. The highest BCUT2D eigenvalue weighted by Gasteiger charge is 2.21. The fourth-order valence-corrected chi connectivity index (χ4v) is 4.54. The molecule has 1 unspecified atom stereocenters. The van der Waals surface area contributed by atoms with Crippen LogP contribution in [0, 0.1) is 4.77 Å². The number of hydrogen-bond donors (Lipinski definition) is 2. The van der Waals surface area contributed by atoms with Crippen molar-refractivity contribution in [3.63, 3.8) is 0 Å². The van der Waals surface area contributed by atoms with E-state index in [1.165, 1.54) is 4.68 Å². The van der Waals surface area contributed by atoms with Crippen molar-refractivity contribution < 1.29 is 4.79 Å². The van der Waals surface area contributed by atoms with Crippen molar-refractivity contribution in [3.05, 3.63) is 38.6 Å². The van der Waals surface area contributed by atoms with Gasteiger partial charge in [-0.05, 0) is 49.9 Å². The molecule has 9 nitrogen and oxygen atoms in total. The van der Waals surface area contributed by atoms with Crippen LogP contribution in [0.15, 0.2) is 22.3 Å². The molecule has 0 saturated heterocycles. The summed E-state index contributed by atoms with van der Waals surface area (Å²) >= 11 is 6.86. The van der Waals surface area contributed by atoms with Crippen LogP contribution in [0.2, 0.25) is 0 Å². The van der Waals surface area contributed by atoms with Gasteiger partial charge in [0.25, 0.3) is 0 Å². The predicted molar refractivity (Wildman–Crippen MR) is 112 cm³/mol. The summed E-state index contributed by atoms with van der Waals surface area (Å²) in [6.07, 6.45) is 3.59. The van der Waals surface area contributed by atoms with Gasteiger partial charge in [-0.1, -0.05) is 6.07 Å². The monoisotopic (exact) mass is 433 g/mol. The zero-order chi connectivity index (χ0) is 20.4. The van der Waals surface area contributed by atoms with E-state index in [9.17, 15) is 9.59 Å². The third kappa shape index (κ3) is 3.97. The van der Waals surface area contributed by atoms with Crippen LogP contribution in [0.4, 0.5) is 0 Å². The number of thiophene rings is 1. The minimum Gasteiger partial charge on any atom is -0.354 e. The smallest absolute Gasteiger partial charge is 0.345 e. The summed E-state index contributed by atoms with van der Waals surface area (Å²) in [6, 6.07) is 3.38. The molecule has 0 bridgehead atoms. The Morgan fingerprint density at radius 2 is 2.31 bits per heavy atom. The topological polar surface area (TPSA) is 103 Å². The van der Waals surface area contributed by atoms with E-state index >= 15 is 0 Å². The van der Waals surface area contributed by atoms with Crippen LogP contribution < -0.4 is 11.0 Å². The Labute approximate surface area is 176 Å². The Hall–Kier alpha value is -2.53. The van der Waals surface area contributed by atoms with Gasteiger partial charge in [-0.3, -0.25) is 19.0 Å². The number of amides is 1. The molecule has 1 atom stereocenters. The van der Waals surface area contributed by atoms with Crippen LogP contribution in [-0.4, -0.2) is 41.6 Å². The first-order valence-electron chi connectivity index (χ1n) is 9.71. The highest BCUT2D eigenvalue weighted by atomic mass is 32.1.